The lowest BCUT2D eigenvalue weighted by molar-refractivity contribution is -0.00697. The van der Waals surface area contributed by atoms with Gasteiger partial charge in [-0.2, -0.15) is 5.10 Å². The third kappa shape index (κ3) is 3.02. The van der Waals surface area contributed by atoms with E-state index in [-0.39, 0.29) is 24.7 Å². The van der Waals surface area contributed by atoms with Crippen LogP contribution in [-0.4, -0.2) is 32.2 Å². The number of nitrogens with zero attached hydrogens (tertiary/aromatic N) is 3. The van der Waals surface area contributed by atoms with Crippen molar-refractivity contribution in [2.45, 2.75) is 39.0 Å². The molecule has 0 fully saturated rings. The van der Waals surface area contributed by atoms with Crippen LogP contribution in [0.5, 0.6) is 0 Å². The number of hydrogen-bond acceptors (Lipinski definition) is 5. The van der Waals surface area contributed by atoms with Gasteiger partial charge >= 0.3 is 0 Å². The molecule has 7 nitrogen and oxygen atoms in total. The van der Waals surface area contributed by atoms with Crippen molar-refractivity contribution in [2.75, 3.05) is 0 Å². The Morgan fingerprint density at radius 2 is 2.18 bits per heavy atom. The van der Waals surface area contributed by atoms with Gasteiger partial charge in [-0.3, -0.25) is 9.89 Å². The van der Waals surface area contributed by atoms with Gasteiger partial charge in [-0.25, -0.2) is 9.97 Å². The molecule has 3 rings (SSSR count). The number of rotatable bonds is 3. The molecule has 22 heavy (non-hydrogen) atoms. The molecule has 1 aliphatic rings. The number of aromatic nitrogens is 4. The van der Waals surface area contributed by atoms with Crippen LogP contribution in [0.25, 0.3) is 0 Å². The van der Waals surface area contributed by atoms with Crippen molar-refractivity contribution in [1.29, 1.82) is 0 Å². The Balaban J connectivity index is 1.72. The highest BCUT2D eigenvalue weighted by molar-refractivity contribution is 9.10. The highest BCUT2D eigenvalue weighted by Gasteiger charge is 2.29. The average molecular weight is 366 g/mol. The van der Waals surface area contributed by atoms with E-state index in [1.54, 1.807) is 12.4 Å². The normalized spacial score (nSPS) is 20.5. The fraction of sp³-hybridized carbons (Fsp3) is 0.429. The second-order valence-electron chi connectivity index (χ2n) is 5.26. The lowest BCUT2D eigenvalue weighted by Gasteiger charge is -2.25. The fourth-order valence-electron chi connectivity index (χ4n) is 2.53. The Labute approximate surface area is 136 Å². The first-order valence-electron chi connectivity index (χ1n) is 7.01. The molecule has 1 aliphatic heterocycles. The van der Waals surface area contributed by atoms with Crippen LogP contribution in [0.2, 0.25) is 0 Å². The summed E-state index contributed by atoms with van der Waals surface area (Å²) in [4.78, 5) is 20.6. The van der Waals surface area contributed by atoms with Crippen molar-refractivity contribution in [3.8, 4) is 0 Å². The summed E-state index contributed by atoms with van der Waals surface area (Å²) in [6.45, 7) is 4.20. The summed E-state index contributed by atoms with van der Waals surface area (Å²) < 4.78 is 6.52. The van der Waals surface area contributed by atoms with Gasteiger partial charge in [0.1, 0.15) is 5.82 Å². The summed E-state index contributed by atoms with van der Waals surface area (Å²) in [5.74, 6) is 0.316. The molecule has 0 unspecified atom stereocenters. The average Bonchev–Trinajstić information content (AvgIpc) is 2.90. The van der Waals surface area contributed by atoms with Crippen molar-refractivity contribution in [2.24, 2.45) is 0 Å². The van der Waals surface area contributed by atoms with E-state index >= 15 is 0 Å². The third-order valence-electron chi connectivity index (χ3n) is 3.53. The summed E-state index contributed by atoms with van der Waals surface area (Å²) in [5, 5.41) is 9.85. The molecule has 2 atom stereocenters. The molecule has 116 valence electrons. The Morgan fingerprint density at radius 3 is 2.91 bits per heavy atom. The number of aromatic amines is 1. The fourth-order valence-corrected chi connectivity index (χ4v) is 2.74. The first-order valence-corrected chi connectivity index (χ1v) is 7.81. The molecule has 0 bridgehead atoms. The third-order valence-corrected chi connectivity index (χ3v) is 3.94. The summed E-state index contributed by atoms with van der Waals surface area (Å²) in [6, 6.07) is 0. The van der Waals surface area contributed by atoms with Gasteiger partial charge < -0.3 is 10.1 Å². The predicted molar refractivity (Wildman–Crippen MR) is 82.2 cm³/mol. The van der Waals surface area contributed by atoms with Gasteiger partial charge in [0.25, 0.3) is 5.91 Å². The zero-order valence-electron chi connectivity index (χ0n) is 12.3. The van der Waals surface area contributed by atoms with Gasteiger partial charge in [-0.15, -0.1) is 0 Å². The SMILES string of the molecule is C[C@@H]1Cc2c(C(=O)NCc3ncc(Br)cn3)n[nH]c2[C@H](C)O1. The molecule has 0 aromatic carbocycles. The molecule has 2 aromatic heterocycles. The Kier molecular flexibility index (Phi) is 4.21. The van der Waals surface area contributed by atoms with Crippen molar-refractivity contribution in [3.05, 3.63) is 39.6 Å². The molecule has 3 heterocycles. The van der Waals surface area contributed by atoms with E-state index in [0.29, 0.717) is 17.9 Å². The molecule has 0 radical (unpaired) electrons. The predicted octanol–water partition coefficient (Wildman–Crippen LogP) is 1.91. The van der Waals surface area contributed by atoms with Crippen LogP contribution in [0.15, 0.2) is 16.9 Å². The highest BCUT2D eigenvalue weighted by atomic mass is 79.9. The van der Waals surface area contributed by atoms with Crippen molar-refractivity contribution >= 4 is 21.8 Å². The smallest absolute Gasteiger partial charge is 0.272 e. The van der Waals surface area contributed by atoms with Gasteiger partial charge in [0.05, 0.1) is 28.9 Å². The van der Waals surface area contributed by atoms with E-state index in [1.807, 2.05) is 13.8 Å². The number of carbonyl (C=O) groups excluding carboxylic acids is 1. The maximum atomic E-state index is 12.3. The first kappa shape index (κ1) is 15.1. The molecular weight excluding hydrogens is 350 g/mol. The molecule has 0 saturated carbocycles. The number of hydrogen-bond donors (Lipinski definition) is 2. The maximum absolute atomic E-state index is 12.3. The quantitative estimate of drug-likeness (QED) is 0.866. The van der Waals surface area contributed by atoms with E-state index in [1.165, 1.54) is 0 Å². The van der Waals surface area contributed by atoms with Crippen LogP contribution in [0.1, 0.15) is 47.5 Å². The van der Waals surface area contributed by atoms with Gasteiger partial charge in [0.2, 0.25) is 0 Å². The Bertz CT molecular complexity index is 685. The lowest BCUT2D eigenvalue weighted by Crippen LogP contribution is -2.28. The van der Waals surface area contributed by atoms with Crippen LogP contribution in [0.4, 0.5) is 0 Å². The number of ether oxygens (including phenoxy) is 1. The molecule has 8 heteroatoms. The molecule has 1 amide bonds. The molecule has 0 aliphatic carbocycles. The van der Waals surface area contributed by atoms with E-state index in [0.717, 1.165) is 15.7 Å². The number of carbonyl (C=O) groups is 1. The second kappa shape index (κ2) is 6.13. The first-order chi connectivity index (χ1) is 10.5. The number of halogens is 1. The minimum atomic E-state index is -0.231. The molecule has 2 N–H and O–H groups in total. The second-order valence-corrected chi connectivity index (χ2v) is 6.17. The van der Waals surface area contributed by atoms with E-state index in [4.69, 9.17) is 4.74 Å². The van der Waals surface area contributed by atoms with Crippen molar-refractivity contribution < 1.29 is 9.53 Å². The number of H-pyrrole nitrogens is 1. The van der Waals surface area contributed by atoms with Gasteiger partial charge in [0, 0.05) is 24.4 Å². The van der Waals surface area contributed by atoms with E-state index in [9.17, 15) is 4.79 Å². The van der Waals surface area contributed by atoms with Crippen molar-refractivity contribution in [1.82, 2.24) is 25.5 Å². The van der Waals surface area contributed by atoms with Gasteiger partial charge in [0.15, 0.2) is 5.69 Å². The summed E-state index contributed by atoms with van der Waals surface area (Å²) in [7, 11) is 0. The van der Waals surface area contributed by atoms with Crippen LogP contribution in [0, 0.1) is 0 Å². The highest BCUT2D eigenvalue weighted by Crippen LogP contribution is 2.29. The zero-order chi connectivity index (χ0) is 15.7. The summed E-state index contributed by atoms with van der Waals surface area (Å²) >= 11 is 3.27. The largest absolute Gasteiger partial charge is 0.369 e. The van der Waals surface area contributed by atoms with Crippen LogP contribution < -0.4 is 5.32 Å². The number of nitrogens with one attached hydrogen (secondary N) is 2. The molecular formula is C14H16BrN5O2. The van der Waals surface area contributed by atoms with Crippen LogP contribution in [0.3, 0.4) is 0 Å². The Morgan fingerprint density at radius 1 is 1.45 bits per heavy atom. The van der Waals surface area contributed by atoms with E-state index < -0.39 is 0 Å². The number of fused-ring (bicyclic) bond motifs is 1. The van der Waals surface area contributed by atoms with Gasteiger partial charge in [-0.05, 0) is 29.8 Å². The Hall–Kier alpha value is -1.80. The maximum Gasteiger partial charge on any atom is 0.272 e. The molecule has 0 saturated heterocycles. The number of amides is 1. The van der Waals surface area contributed by atoms with E-state index in [2.05, 4.69) is 41.4 Å². The van der Waals surface area contributed by atoms with Crippen molar-refractivity contribution in [3.63, 3.8) is 0 Å². The summed E-state index contributed by atoms with van der Waals surface area (Å²) in [6.07, 6.45) is 3.95. The topological polar surface area (TPSA) is 92.8 Å². The molecule has 2 aromatic rings. The monoisotopic (exact) mass is 365 g/mol. The summed E-state index contributed by atoms with van der Waals surface area (Å²) in [5.41, 5.74) is 2.23. The lowest BCUT2D eigenvalue weighted by atomic mass is 9.99. The minimum Gasteiger partial charge on any atom is -0.369 e. The van der Waals surface area contributed by atoms with Crippen LogP contribution >= 0.6 is 15.9 Å². The zero-order valence-corrected chi connectivity index (χ0v) is 13.8. The van der Waals surface area contributed by atoms with Gasteiger partial charge in [-0.1, -0.05) is 0 Å². The molecule has 0 spiro atoms. The standard InChI is InChI=1S/C14H16BrN5O2/c1-7-3-10-12(8(2)22-7)19-20-13(10)14(21)18-6-11-16-4-9(15)5-17-11/h4-5,7-8H,3,6H2,1-2H3,(H,18,21)(H,19,20)/t7-,8+/m1/s1. The van der Waals surface area contributed by atoms with Crippen LogP contribution in [-0.2, 0) is 17.7 Å². The minimum absolute atomic E-state index is 0.0708.